The number of hydrogen-bond acceptors (Lipinski definition) is 2. The third-order valence-electron chi connectivity index (χ3n) is 6.25. The molecule has 3 aliphatic rings. The van der Waals surface area contributed by atoms with Gasteiger partial charge in [-0.1, -0.05) is 26.2 Å². The highest BCUT2D eigenvalue weighted by Crippen LogP contribution is 2.41. The molecule has 0 heterocycles. The first-order chi connectivity index (χ1) is 9.75. The lowest BCUT2D eigenvalue weighted by molar-refractivity contribution is 0.0666. The first-order valence-corrected chi connectivity index (χ1v) is 9.21. The van der Waals surface area contributed by atoms with Crippen molar-refractivity contribution in [1.82, 2.24) is 4.90 Å². The van der Waals surface area contributed by atoms with Crippen LogP contribution in [0.4, 0.5) is 0 Å². The van der Waals surface area contributed by atoms with Crippen molar-refractivity contribution in [3.63, 3.8) is 0 Å². The second kappa shape index (κ2) is 6.36. The normalized spacial score (nSPS) is 35.2. The van der Waals surface area contributed by atoms with Gasteiger partial charge in [0, 0.05) is 25.2 Å². The number of rotatable bonds is 7. The van der Waals surface area contributed by atoms with Crippen LogP contribution in [0, 0.1) is 17.8 Å². The van der Waals surface area contributed by atoms with E-state index in [1.54, 1.807) is 0 Å². The van der Waals surface area contributed by atoms with Crippen molar-refractivity contribution in [2.24, 2.45) is 23.5 Å². The molecule has 0 bridgehead atoms. The monoisotopic (exact) mass is 278 g/mol. The Morgan fingerprint density at radius 1 is 0.900 bits per heavy atom. The SMILES string of the molecule is CCC1CCCC(CN)(N(CC2CC2)CC2CC2)CC1. The minimum atomic E-state index is 0.356. The summed E-state index contributed by atoms with van der Waals surface area (Å²) in [5, 5.41) is 0. The van der Waals surface area contributed by atoms with E-state index < -0.39 is 0 Å². The molecule has 0 aromatic rings. The van der Waals surface area contributed by atoms with Gasteiger partial charge in [0.05, 0.1) is 0 Å². The van der Waals surface area contributed by atoms with E-state index in [4.69, 9.17) is 5.73 Å². The van der Waals surface area contributed by atoms with Crippen LogP contribution in [-0.4, -0.2) is 30.1 Å². The molecule has 0 aliphatic heterocycles. The molecule has 0 amide bonds. The third-order valence-corrected chi connectivity index (χ3v) is 6.25. The Balaban J connectivity index is 1.68. The minimum Gasteiger partial charge on any atom is -0.329 e. The van der Waals surface area contributed by atoms with Gasteiger partial charge in [0.25, 0.3) is 0 Å². The summed E-state index contributed by atoms with van der Waals surface area (Å²) in [7, 11) is 0. The Morgan fingerprint density at radius 3 is 2.05 bits per heavy atom. The van der Waals surface area contributed by atoms with Crippen LogP contribution in [0.3, 0.4) is 0 Å². The molecular formula is C18H34N2. The van der Waals surface area contributed by atoms with Crippen molar-refractivity contribution in [2.45, 2.75) is 76.7 Å². The Kier molecular flexibility index (Phi) is 4.72. The topological polar surface area (TPSA) is 29.3 Å². The van der Waals surface area contributed by atoms with Gasteiger partial charge in [0.1, 0.15) is 0 Å². The van der Waals surface area contributed by atoms with E-state index in [0.29, 0.717) is 5.54 Å². The molecule has 2 nitrogen and oxygen atoms in total. The maximum absolute atomic E-state index is 6.35. The lowest BCUT2D eigenvalue weighted by atomic mass is 9.86. The zero-order valence-electron chi connectivity index (χ0n) is 13.4. The zero-order valence-corrected chi connectivity index (χ0v) is 13.4. The predicted molar refractivity (Wildman–Crippen MR) is 85.7 cm³/mol. The smallest absolute Gasteiger partial charge is 0.0332 e. The lowest BCUT2D eigenvalue weighted by Gasteiger charge is -2.44. The fraction of sp³-hybridized carbons (Fsp3) is 1.00. The highest BCUT2D eigenvalue weighted by molar-refractivity contribution is 4.98. The Bertz CT molecular complexity index is 295. The molecule has 2 atom stereocenters. The van der Waals surface area contributed by atoms with E-state index in [2.05, 4.69) is 11.8 Å². The maximum atomic E-state index is 6.35. The molecule has 2 unspecified atom stereocenters. The lowest BCUT2D eigenvalue weighted by Crippen LogP contribution is -2.55. The summed E-state index contributed by atoms with van der Waals surface area (Å²) < 4.78 is 0. The van der Waals surface area contributed by atoms with E-state index in [1.807, 2.05) is 0 Å². The maximum Gasteiger partial charge on any atom is 0.0332 e. The second-order valence-corrected chi connectivity index (χ2v) is 7.93. The van der Waals surface area contributed by atoms with Gasteiger partial charge in [-0.3, -0.25) is 4.90 Å². The minimum absolute atomic E-state index is 0.356. The van der Waals surface area contributed by atoms with Gasteiger partial charge in [0.15, 0.2) is 0 Å². The molecule has 0 saturated heterocycles. The van der Waals surface area contributed by atoms with Crippen LogP contribution in [0.5, 0.6) is 0 Å². The molecule has 0 radical (unpaired) electrons. The third kappa shape index (κ3) is 3.57. The summed E-state index contributed by atoms with van der Waals surface area (Å²) in [5.41, 5.74) is 6.70. The summed E-state index contributed by atoms with van der Waals surface area (Å²) in [6.45, 7) is 5.96. The molecule has 3 saturated carbocycles. The predicted octanol–water partition coefficient (Wildman–Crippen LogP) is 3.80. The summed E-state index contributed by atoms with van der Waals surface area (Å²) in [6.07, 6.45) is 14.2. The summed E-state index contributed by atoms with van der Waals surface area (Å²) in [6, 6.07) is 0. The van der Waals surface area contributed by atoms with Crippen LogP contribution in [0.25, 0.3) is 0 Å². The van der Waals surface area contributed by atoms with E-state index in [0.717, 1.165) is 24.3 Å². The van der Waals surface area contributed by atoms with Crippen LogP contribution in [-0.2, 0) is 0 Å². The zero-order chi connectivity index (χ0) is 14.0. The van der Waals surface area contributed by atoms with Gasteiger partial charge in [-0.05, 0) is 62.7 Å². The quantitative estimate of drug-likeness (QED) is 0.718. The van der Waals surface area contributed by atoms with Gasteiger partial charge >= 0.3 is 0 Å². The first kappa shape index (κ1) is 14.8. The van der Waals surface area contributed by atoms with E-state index in [1.165, 1.54) is 77.3 Å². The molecule has 2 N–H and O–H groups in total. The van der Waals surface area contributed by atoms with Gasteiger partial charge in [0.2, 0.25) is 0 Å². The van der Waals surface area contributed by atoms with E-state index >= 15 is 0 Å². The molecule has 3 fully saturated rings. The number of hydrogen-bond donors (Lipinski definition) is 1. The van der Waals surface area contributed by atoms with Crippen LogP contribution in [0.15, 0.2) is 0 Å². The average Bonchev–Trinajstić information content (AvgIpc) is 3.33. The van der Waals surface area contributed by atoms with Crippen molar-refractivity contribution in [3.8, 4) is 0 Å². The average molecular weight is 278 g/mol. The molecule has 2 heteroatoms. The van der Waals surface area contributed by atoms with Gasteiger partial charge in [-0.25, -0.2) is 0 Å². The molecule has 3 aliphatic carbocycles. The van der Waals surface area contributed by atoms with Crippen LogP contribution in [0.2, 0.25) is 0 Å². The van der Waals surface area contributed by atoms with Crippen molar-refractivity contribution in [3.05, 3.63) is 0 Å². The van der Waals surface area contributed by atoms with Crippen molar-refractivity contribution in [1.29, 1.82) is 0 Å². The van der Waals surface area contributed by atoms with Gasteiger partial charge < -0.3 is 5.73 Å². The van der Waals surface area contributed by atoms with E-state index in [-0.39, 0.29) is 0 Å². The van der Waals surface area contributed by atoms with Gasteiger partial charge in [-0.2, -0.15) is 0 Å². The molecule has 20 heavy (non-hydrogen) atoms. The van der Waals surface area contributed by atoms with Crippen LogP contribution in [0.1, 0.15) is 71.1 Å². The molecule has 0 aromatic heterocycles. The fourth-order valence-corrected chi connectivity index (χ4v) is 4.21. The Morgan fingerprint density at radius 2 is 1.55 bits per heavy atom. The fourth-order valence-electron chi connectivity index (χ4n) is 4.21. The first-order valence-electron chi connectivity index (χ1n) is 9.21. The molecular weight excluding hydrogens is 244 g/mol. The van der Waals surface area contributed by atoms with Gasteiger partial charge in [-0.15, -0.1) is 0 Å². The Hall–Kier alpha value is -0.0800. The summed E-state index contributed by atoms with van der Waals surface area (Å²) in [4.78, 5) is 2.88. The summed E-state index contributed by atoms with van der Waals surface area (Å²) in [5.74, 6) is 2.97. The largest absolute Gasteiger partial charge is 0.329 e. The van der Waals surface area contributed by atoms with Crippen molar-refractivity contribution < 1.29 is 0 Å². The second-order valence-electron chi connectivity index (χ2n) is 7.93. The Labute approximate surface area is 125 Å². The highest BCUT2D eigenvalue weighted by Gasteiger charge is 2.41. The number of nitrogens with zero attached hydrogens (tertiary/aromatic N) is 1. The molecule has 0 aromatic carbocycles. The number of nitrogens with two attached hydrogens (primary N) is 1. The summed E-state index contributed by atoms with van der Waals surface area (Å²) >= 11 is 0. The van der Waals surface area contributed by atoms with Crippen molar-refractivity contribution in [2.75, 3.05) is 19.6 Å². The standard InChI is InChI=1S/C18H34N2/c1-2-15-4-3-10-18(14-19,11-9-15)20(12-16-5-6-16)13-17-7-8-17/h15-17H,2-14,19H2,1H3. The highest BCUT2D eigenvalue weighted by atomic mass is 15.2. The molecule has 116 valence electrons. The molecule has 3 rings (SSSR count). The van der Waals surface area contributed by atoms with Crippen LogP contribution < -0.4 is 5.73 Å². The molecule has 0 spiro atoms. The van der Waals surface area contributed by atoms with Crippen molar-refractivity contribution >= 4 is 0 Å². The van der Waals surface area contributed by atoms with Crippen LogP contribution >= 0.6 is 0 Å². The van der Waals surface area contributed by atoms with E-state index in [9.17, 15) is 0 Å².